The zero-order chi connectivity index (χ0) is 13.6. The summed E-state index contributed by atoms with van der Waals surface area (Å²) in [6.07, 6.45) is 0. The van der Waals surface area contributed by atoms with Gasteiger partial charge in [0.1, 0.15) is 5.75 Å². The van der Waals surface area contributed by atoms with E-state index in [9.17, 15) is 9.90 Å². The minimum Gasteiger partial charge on any atom is -0.506 e. The zero-order valence-electron chi connectivity index (χ0n) is 9.97. The number of rotatable bonds is 2. The molecule has 0 radical (unpaired) electrons. The van der Waals surface area contributed by atoms with Gasteiger partial charge in [0, 0.05) is 22.7 Å². The Morgan fingerprint density at radius 2 is 2.16 bits per heavy atom. The lowest BCUT2D eigenvalue weighted by molar-refractivity contribution is 0.0686. The van der Waals surface area contributed by atoms with Crippen LogP contribution in [0.1, 0.15) is 16.2 Å². The number of aromatic carboxylic acids is 1. The van der Waals surface area contributed by atoms with Crippen LogP contribution in [0.4, 0.5) is 0 Å². The number of aromatic hydroxyl groups is 1. The minimum atomic E-state index is -1.17. The summed E-state index contributed by atoms with van der Waals surface area (Å²) in [4.78, 5) is 13.9. The number of aryl methyl sites for hydroxylation is 1. The molecule has 0 amide bonds. The first kappa shape index (κ1) is 11.3. The lowest BCUT2D eigenvalue weighted by Gasteiger charge is -2.01. The van der Waals surface area contributed by atoms with Crippen LogP contribution in [0.2, 0.25) is 0 Å². The predicted molar refractivity (Wildman–Crippen MR) is 67.2 cm³/mol. The number of H-pyrrole nitrogens is 1. The number of phenolic OH excluding ortho intramolecular Hbond substituents is 1. The van der Waals surface area contributed by atoms with Gasteiger partial charge in [-0.05, 0) is 25.1 Å². The molecule has 0 atom stereocenters. The summed E-state index contributed by atoms with van der Waals surface area (Å²) in [5.74, 6) is -0.918. The number of hydrogen-bond acceptors (Lipinski definition) is 4. The van der Waals surface area contributed by atoms with Gasteiger partial charge in [-0.3, -0.25) is 0 Å². The highest BCUT2D eigenvalue weighted by molar-refractivity contribution is 5.93. The summed E-state index contributed by atoms with van der Waals surface area (Å²) >= 11 is 0. The quantitative estimate of drug-likeness (QED) is 0.656. The van der Waals surface area contributed by atoms with Crippen molar-refractivity contribution in [2.75, 3.05) is 0 Å². The fourth-order valence-corrected chi connectivity index (χ4v) is 2.03. The number of carbonyl (C=O) groups is 1. The van der Waals surface area contributed by atoms with Crippen molar-refractivity contribution < 1.29 is 19.5 Å². The molecule has 3 rings (SSSR count). The van der Waals surface area contributed by atoms with Crippen LogP contribution in [0.15, 0.2) is 28.8 Å². The molecule has 96 valence electrons. The second-order valence-electron chi connectivity index (χ2n) is 4.26. The van der Waals surface area contributed by atoms with Gasteiger partial charge in [0.15, 0.2) is 11.5 Å². The second kappa shape index (κ2) is 3.88. The van der Waals surface area contributed by atoms with E-state index in [1.54, 1.807) is 12.1 Å². The van der Waals surface area contributed by atoms with Crippen molar-refractivity contribution in [3.63, 3.8) is 0 Å². The molecule has 0 aliphatic rings. The maximum absolute atomic E-state index is 10.8. The summed E-state index contributed by atoms with van der Waals surface area (Å²) in [7, 11) is 0. The van der Waals surface area contributed by atoms with Gasteiger partial charge in [0.2, 0.25) is 0 Å². The molecule has 1 aromatic carbocycles. The number of nitrogens with zero attached hydrogens (tertiary/aromatic N) is 1. The van der Waals surface area contributed by atoms with Crippen molar-refractivity contribution in [1.29, 1.82) is 0 Å². The molecule has 2 heterocycles. The molecule has 19 heavy (non-hydrogen) atoms. The van der Waals surface area contributed by atoms with E-state index in [1.165, 1.54) is 6.07 Å². The highest BCUT2D eigenvalue weighted by Gasteiger charge is 2.16. The molecule has 0 aliphatic carbocycles. The van der Waals surface area contributed by atoms with Gasteiger partial charge in [-0.1, -0.05) is 5.16 Å². The molecule has 0 spiro atoms. The number of carboxylic acids is 1. The van der Waals surface area contributed by atoms with Crippen molar-refractivity contribution >= 4 is 16.9 Å². The van der Waals surface area contributed by atoms with Gasteiger partial charge in [-0.15, -0.1) is 0 Å². The molecule has 0 unspecified atom stereocenters. The summed E-state index contributed by atoms with van der Waals surface area (Å²) < 4.78 is 4.95. The Hall–Kier alpha value is -2.76. The number of aromatic amines is 1. The Morgan fingerprint density at radius 3 is 2.84 bits per heavy atom. The van der Waals surface area contributed by atoms with E-state index in [4.69, 9.17) is 9.63 Å². The molecule has 3 aromatic rings. The number of nitrogens with one attached hydrogen (secondary N) is 1. The Bertz CT molecular complexity index is 785. The molecule has 0 saturated heterocycles. The number of aromatic nitrogens is 2. The number of benzene rings is 1. The summed E-state index contributed by atoms with van der Waals surface area (Å²) in [5, 5.41) is 23.1. The Balaban J connectivity index is 2.18. The van der Waals surface area contributed by atoms with Crippen LogP contribution in [0.3, 0.4) is 0 Å². The molecule has 3 N–H and O–H groups in total. The lowest BCUT2D eigenvalue weighted by Crippen LogP contribution is -1.94. The summed E-state index contributed by atoms with van der Waals surface area (Å²) in [6.45, 7) is 1.89. The number of fused-ring (bicyclic) bond motifs is 1. The normalized spacial score (nSPS) is 11.0. The summed E-state index contributed by atoms with van der Waals surface area (Å²) in [6, 6.07) is 6.53. The maximum Gasteiger partial charge on any atom is 0.358 e. The van der Waals surface area contributed by atoms with Gasteiger partial charge in [0.25, 0.3) is 0 Å². The first-order valence-electron chi connectivity index (χ1n) is 5.58. The SMILES string of the molecule is Cc1cc2c(O)c(-c3cc(C(=O)O)no3)ccc2[nH]1. The average Bonchev–Trinajstić information content (AvgIpc) is 2.95. The van der Waals surface area contributed by atoms with Crippen LogP contribution >= 0.6 is 0 Å². The van der Waals surface area contributed by atoms with E-state index in [1.807, 2.05) is 13.0 Å². The number of hydrogen-bond donors (Lipinski definition) is 3. The Morgan fingerprint density at radius 1 is 1.37 bits per heavy atom. The molecular weight excluding hydrogens is 248 g/mol. The molecule has 0 fully saturated rings. The van der Waals surface area contributed by atoms with Crippen molar-refractivity contribution in [2.45, 2.75) is 6.92 Å². The van der Waals surface area contributed by atoms with E-state index in [0.29, 0.717) is 10.9 Å². The van der Waals surface area contributed by atoms with Crippen molar-refractivity contribution in [1.82, 2.24) is 10.1 Å². The maximum atomic E-state index is 10.8. The van der Waals surface area contributed by atoms with Gasteiger partial charge in [-0.2, -0.15) is 0 Å². The van der Waals surface area contributed by atoms with E-state index in [2.05, 4.69) is 10.1 Å². The highest BCUT2D eigenvalue weighted by atomic mass is 16.5. The standard InChI is InChI=1S/C13H10N2O4/c1-6-4-8-9(14-6)3-2-7(12(8)16)11-5-10(13(17)18)15-19-11/h2-5,14,16H,1H3,(H,17,18). The zero-order valence-corrected chi connectivity index (χ0v) is 9.97. The van der Waals surface area contributed by atoms with Crippen molar-refractivity contribution in [3.8, 4) is 17.1 Å². The van der Waals surface area contributed by atoms with Crippen molar-refractivity contribution in [2.24, 2.45) is 0 Å². The van der Waals surface area contributed by atoms with Gasteiger partial charge in [-0.25, -0.2) is 4.79 Å². The van der Waals surface area contributed by atoms with Gasteiger partial charge in [0.05, 0.1) is 5.56 Å². The Kier molecular flexibility index (Phi) is 2.31. The molecule has 2 aromatic heterocycles. The third kappa shape index (κ3) is 1.74. The van der Waals surface area contributed by atoms with Gasteiger partial charge >= 0.3 is 5.97 Å². The summed E-state index contributed by atoms with van der Waals surface area (Å²) in [5.41, 5.74) is 1.94. The van der Waals surface area contributed by atoms with Crippen LogP contribution in [-0.4, -0.2) is 26.3 Å². The second-order valence-corrected chi connectivity index (χ2v) is 4.26. The molecule has 6 heteroatoms. The Labute approximate surface area is 107 Å². The average molecular weight is 258 g/mol. The first-order chi connectivity index (χ1) is 9.06. The lowest BCUT2D eigenvalue weighted by atomic mass is 10.1. The van der Waals surface area contributed by atoms with E-state index < -0.39 is 5.97 Å². The molecule has 6 nitrogen and oxygen atoms in total. The minimum absolute atomic E-state index is 0.0370. The van der Waals surface area contributed by atoms with Crippen LogP contribution < -0.4 is 0 Å². The fourth-order valence-electron chi connectivity index (χ4n) is 2.03. The fraction of sp³-hybridized carbons (Fsp3) is 0.0769. The van der Waals surface area contributed by atoms with Gasteiger partial charge < -0.3 is 19.7 Å². The molecule has 0 aliphatic heterocycles. The van der Waals surface area contributed by atoms with E-state index in [0.717, 1.165) is 11.2 Å². The predicted octanol–water partition coefficient (Wildman–Crippen LogP) is 2.54. The van der Waals surface area contributed by atoms with Crippen LogP contribution in [-0.2, 0) is 0 Å². The molecular formula is C13H10N2O4. The van der Waals surface area contributed by atoms with Crippen LogP contribution in [0, 0.1) is 6.92 Å². The largest absolute Gasteiger partial charge is 0.506 e. The van der Waals surface area contributed by atoms with Crippen LogP contribution in [0.25, 0.3) is 22.2 Å². The monoisotopic (exact) mass is 258 g/mol. The third-order valence-electron chi connectivity index (χ3n) is 2.90. The molecule has 0 bridgehead atoms. The first-order valence-corrected chi connectivity index (χ1v) is 5.58. The smallest absolute Gasteiger partial charge is 0.358 e. The van der Waals surface area contributed by atoms with E-state index in [-0.39, 0.29) is 17.2 Å². The highest BCUT2D eigenvalue weighted by Crippen LogP contribution is 2.36. The number of carboxylic acid groups (broad SMARTS) is 1. The van der Waals surface area contributed by atoms with Crippen molar-refractivity contribution in [3.05, 3.63) is 35.7 Å². The van der Waals surface area contributed by atoms with Crippen LogP contribution in [0.5, 0.6) is 5.75 Å². The van der Waals surface area contributed by atoms with E-state index >= 15 is 0 Å². The number of phenols is 1. The third-order valence-corrected chi connectivity index (χ3v) is 2.90. The molecule has 0 saturated carbocycles. The topological polar surface area (TPSA) is 99.3 Å².